The number of carbonyl (C=O) groups excluding carboxylic acids is 2. The SMILES string of the molecule is CC(C)Cn1nc(C(=O)O[C@H](C)C(=O)NCc2cccs2)c2ccccc2c1=O. The van der Waals surface area contributed by atoms with Crippen molar-refractivity contribution < 1.29 is 14.3 Å². The van der Waals surface area contributed by atoms with Crippen LogP contribution in [0.25, 0.3) is 10.8 Å². The third-order valence-corrected chi connectivity index (χ3v) is 5.15. The van der Waals surface area contributed by atoms with E-state index < -0.39 is 18.0 Å². The van der Waals surface area contributed by atoms with Gasteiger partial charge in [0.15, 0.2) is 11.8 Å². The first-order valence-corrected chi connectivity index (χ1v) is 10.3. The molecule has 0 fully saturated rings. The molecule has 29 heavy (non-hydrogen) atoms. The molecule has 152 valence electrons. The number of hydrogen-bond donors (Lipinski definition) is 1. The molecule has 1 amide bonds. The predicted molar refractivity (Wildman–Crippen MR) is 112 cm³/mol. The van der Waals surface area contributed by atoms with E-state index in [0.29, 0.717) is 23.9 Å². The van der Waals surface area contributed by atoms with Crippen molar-refractivity contribution >= 4 is 34.0 Å². The van der Waals surface area contributed by atoms with Crippen molar-refractivity contribution in [1.29, 1.82) is 0 Å². The summed E-state index contributed by atoms with van der Waals surface area (Å²) in [4.78, 5) is 38.7. The van der Waals surface area contributed by atoms with Gasteiger partial charge in [0.25, 0.3) is 11.5 Å². The van der Waals surface area contributed by atoms with E-state index in [1.54, 1.807) is 24.3 Å². The van der Waals surface area contributed by atoms with E-state index in [1.165, 1.54) is 22.9 Å². The minimum atomic E-state index is -0.992. The van der Waals surface area contributed by atoms with E-state index in [4.69, 9.17) is 4.74 Å². The molecule has 0 saturated carbocycles. The van der Waals surface area contributed by atoms with Crippen LogP contribution in [-0.4, -0.2) is 27.8 Å². The topological polar surface area (TPSA) is 90.3 Å². The van der Waals surface area contributed by atoms with Gasteiger partial charge in [0.05, 0.1) is 11.9 Å². The highest BCUT2D eigenvalue weighted by molar-refractivity contribution is 7.09. The first kappa shape index (κ1) is 20.7. The van der Waals surface area contributed by atoms with Crippen molar-refractivity contribution in [3.63, 3.8) is 0 Å². The van der Waals surface area contributed by atoms with Crippen LogP contribution < -0.4 is 10.9 Å². The van der Waals surface area contributed by atoms with Crippen molar-refractivity contribution in [3.8, 4) is 0 Å². The van der Waals surface area contributed by atoms with Gasteiger partial charge in [-0.2, -0.15) is 5.10 Å². The highest BCUT2D eigenvalue weighted by Gasteiger charge is 2.23. The number of rotatable bonds is 7. The smallest absolute Gasteiger partial charge is 0.360 e. The van der Waals surface area contributed by atoms with Gasteiger partial charge >= 0.3 is 5.97 Å². The Morgan fingerprint density at radius 3 is 2.52 bits per heavy atom. The van der Waals surface area contributed by atoms with Gasteiger partial charge in [0.1, 0.15) is 0 Å². The maximum atomic E-state index is 12.8. The van der Waals surface area contributed by atoms with E-state index in [1.807, 2.05) is 31.4 Å². The molecule has 8 heteroatoms. The molecule has 0 bridgehead atoms. The Balaban J connectivity index is 1.81. The molecule has 2 aromatic heterocycles. The molecule has 0 aliphatic rings. The molecular weight excluding hydrogens is 390 g/mol. The monoisotopic (exact) mass is 413 g/mol. The number of benzene rings is 1. The molecule has 1 N–H and O–H groups in total. The summed E-state index contributed by atoms with van der Waals surface area (Å²) >= 11 is 1.53. The zero-order valence-corrected chi connectivity index (χ0v) is 17.4. The molecule has 1 atom stereocenters. The maximum Gasteiger partial charge on any atom is 0.360 e. The van der Waals surface area contributed by atoms with Crippen LogP contribution >= 0.6 is 11.3 Å². The Morgan fingerprint density at radius 1 is 1.14 bits per heavy atom. The molecular formula is C21H23N3O4S. The Hall–Kier alpha value is -3.00. The average Bonchev–Trinajstić information content (AvgIpc) is 3.21. The van der Waals surface area contributed by atoms with E-state index in [2.05, 4.69) is 10.4 Å². The first-order chi connectivity index (χ1) is 13.9. The van der Waals surface area contributed by atoms with Crippen LogP contribution in [-0.2, 0) is 22.6 Å². The second-order valence-corrected chi connectivity index (χ2v) is 8.15. The van der Waals surface area contributed by atoms with Gasteiger partial charge < -0.3 is 10.1 Å². The van der Waals surface area contributed by atoms with Crippen LogP contribution in [0.5, 0.6) is 0 Å². The number of hydrogen-bond acceptors (Lipinski definition) is 6. The zero-order chi connectivity index (χ0) is 21.0. The fourth-order valence-electron chi connectivity index (χ4n) is 2.86. The number of esters is 1. The summed E-state index contributed by atoms with van der Waals surface area (Å²) in [6.07, 6.45) is -0.992. The van der Waals surface area contributed by atoms with Gasteiger partial charge in [0, 0.05) is 16.8 Å². The highest BCUT2D eigenvalue weighted by atomic mass is 32.1. The minimum Gasteiger partial charge on any atom is -0.448 e. The van der Waals surface area contributed by atoms with Crippen molar-refractivity contribution in [2.24, 2.45) is 5.92 Å². The van der Waals surface area contributed by atoms with Crippen LogP contribution in [0.3, 0.4) is 0 Å². The number of aromatic nitrogens is 2. The molecule has 0 aliphatic heterocycles. The molecule has 2 heterocycles. The first-order valence-electron chi connectivity index (χ1n) is 9.37. The average molecular weight is 413 g/mol. The van der Waals surface area contributed by atoms with Crippen LogP contribution in [0.15, 0.2) is 46.6 Å². The molecule has 0 aliphatic carbocycles. The third-order valence-electron chi connectivity index (χ3n) is 4.27. The lowest BCUT2D eigenvalue weighted by atomic mass is 10.1. The van der Waals surface area contributed by atoms with Crippen LogP contribution in [0.2, 0.25) is 0 Å². The van der Waals surface area contributed by atoms with Crippen molar-refractivity contribution in [2.45, 2.75) is 40.0 Å². The lowest BCUT2D eigenvalue weighted by Crippen LogP contribution is -2.36. The number of carbonyl (C=O) groups is 2. The Kier molecular flexibility index (Phi) is 6.43. The largest absolute Gasteiger partial charge is 0.448 e. The molecule has 0 spiro atoms. The molecule has 0 radical (unpaired) electrons. The second-order valence-electron chi connectivity index (χ2n) is 7.12. The lowest BCUT2D eigenvalue weighted by molar-refractivity contribution is -0.129. The summed E-state index contributed by atoms with van der Waals surface area (Å²) in [5.41, 5.74) is -0.230. The van der Waals surface area contributed by atoms with Crippen molar-refractivity contribution in [3.05, 3.63) is 62.7 Å². The molecule has 7 nitrogen and oxygen atoms in total. The summed E-state index contributed by atoms with van der Waals surface area (Å²) < 4.78 is 6.63. The normalized spacial score (nSPS) is 12.1. The summed E-state index contributed by atoms with van der Waals surface area (Å²) in [7, 11) is 0. The van der Waals surface area contributed by atoms with Crippen LogP contribution in [0, 0.1) is 5.92 Å². The number of ether oxygens (including phenoxy) is 1. The van der Waals surface area contributed by atoms with E-state index >= 15 is 0 Å². The van der Waals surface area contributed by atoms with Crippen molar-refractivity contribution in [1.82, 2.24) is 15.1 Å². The van der Waals surface area contributed by atoms with Gasteiger partial charge in [-0.15, -0.1) is 11.3 Å². The molecule has 3 rings (SSSR count). The fourth-order valence-corrected chi connectivity index (χ4v) is 3.50. The highest BCUT2D eigenvalue weighted by Crippen LogP contribution is 2.16. The molecule has 1 aromatic carbocycles. The predicted octanol–water partition coefficient (Wildman–Crippen LogP) is 2.98. The molecule has 3 aromatic rings. The summed E-state index contributed by atoms with van der Waals surface area (Å²) in [6.45, 7) is 6.18. The quantitative estimate of drug-likeness (QED) is 0.602. The van der Waals surface area contributed by atoms with Gasteiger partial charge in [-0.3, -0.25) is 9.59 Å². The minimum absolute atomic E-state index is 0.0266. The fraction of sp³-hybridized carbons (Fsp3) is 0.333. The van der Waals surface area contributed by atoms with Gasteiger partial charge in [-0.05, 0) is 30.4 Å². The molecule has 0 saturated heterocycles. The molecule has 0 unspecified atom stereocenters. The number of nitrogens with one attached hydrogen (secondary N) is 1. The van der Waals surface area contributed by atoms with Gasteiger partial charge in [0.2, 0.25) is 0 Å². The number of amides is 1. The van der Waals surface area contributed by atoms with E-state index in [-0.39, 0.29) is 17.2 Å². The van der Waals surface area contributed by atoms with E-state index in [0.717, 1.165) is 4.88 Å². The summed E-state index contributed by atoms with van der Waals surface area (Å²) in [6, 6.07) is 10.6. The van der Waals surface area contributed by atoms with Gasteiger partial charge in [-0.25, -0.2) is 9.48 Å². The van der Waals surface area contributed by atoms with Crippen molar-refractivity contribution in [2.75, 3.05) is 0 Å². The number of fused-ring (bicyclic) bond motifs is 1. The number of nitrogens with zero attached hydrogens (tertiary/aromatic N) is 2. The number of thiophene rings is 1. The Labute approximate surface area is 172 Å². The lowest BCUT2D eigenvalue weighted by Gasteiger charge is -2.15. The summed E-state index contributed by atoms with van der Waals surface area (Å²) in [5.74, 6) is -0.962. The Bertz CT molecular complexity index is 1070. The van der Waals surface area contributed by atoms with Gasteiger partial charge in [-0.1, -0.05) is 38.1 Å². The maximum absolute atomic E-state index is 12.8. The summed E-state index contributed by atoms with van der Waals surface area (Å²) in [5, 5.41) is 9.71. The third kappa shape index (κ3) is 4.89. The second kappa shape index (κ2) is 9.00. The Morgan fingerprint density at radius 2 is 1.86 bits per heavy atom. The van der Waals surface area contributed by atoms with Crippen LogP contribution in [0.1, 0.15) is 36.1 Å². The van der Waals surface area contributed by atoms with E-state index in [9.17, 15) is 14.4 Å². The van der Waals surface area contributed by atoms with Crippen LogP contribution in [0.4, 0.5) is 0 Å². The standard InChI is InChI=1S/C21H23N3O4S/c1-13(2)12-24-20(26)17-9-5-4-8-16(17)18(23-24)21(27)28-14(3)19(25)22-11-15-7-6-10-29-15/h4-10,13-14H,11-12H2,1-3H3,(H,22,25)/t14-/m1/s1. The zero-order valence-electron chi connectivity index (χ0n) is 16.5.